The summed E-state index contributed by atoms with van der Waals surface area (Å²) in [7, 11) is 0. The first-order valence-corrected chi connectivity index (χ1v) is 11.4. The lowest BCUT2D eigenvalue weighted by atomic mass is 10.1. The van der Waals surface area contributed by atoms with E-state index in [1.807, 2.05) is 11.0 Å². The van der Waals surface area contributed by atoms with Crippen LogP contribution in [-0.2, 0) is 11.3 Å². The zero-order chi connectivity index (χ0) is 22.0. The van der Waals surface area contributed by atoms with Gasteiger partial charge in [0, 0.05) is 30.9 Å². The zero-order valence-corrected chi connectivity index (χ0v) is 18.9. The van der Waals surface area contributed by atoms with Gasteiger partial charge in [0.05, 0.1) is 51.6 Å². The van der Waals surface area contributed by atoms with Gasteiger partial charge in [0.25, 0.3) is 5.91 Å². The summed E-state index contributed by atoms with van der Waals surface area (Å²) < 4.78 is 21.4. The summed E-state index contributed by atoms with van der Waals surface area (Å²) in [5, 5.41) is 0. The topological polar surface area (TPSA) is 42.1 Å². The van der Waals surface area contributed by atoms with Crippen molar-refractivity contribution in [2.45, 2.75) is 27.3 Å². The molecule has 0 unspecified atom stereocenters. The van der Waals surface area contributed by atoms with Gasteiger partial charge >= 0.3 is 0 Å². The fourth-order valence-corrected chi connectivity index (χ4v) is 4.96. The van der Waals surface area contributed by atoms with Gasteiger partial charge in [-0.25, -0.2) is 4.39 Å². The van der Waals surface area contributed by atoms with Crippen molar-refractivity contribution in [3.63, 3.8) is 0 Å². The molecule has 1 N–H and O–H groups in total. The molecule has 31 heavy (non-hydrogen) atoms. The summed E-state index contributed by atoms with van der Waals surface area (Å²) in [5.74, 6) is -0.205. The minimum atomic E-state index is -0.251. The Kier molecular flexibility index (Phi) is 6.62. The highest BCUT2D eigenvalue weighted by Crippen LogP contribution is 2.32. The molecule has 0 spiro atoms. The first kappa shape index (κ1) is 21.8. The van der Waals surface area contributed by atoms with Crippen molar-refractivity contribution in [1.82, 2.24) is 9.47 Å². The van der Waals surface area contributed by atoms with Crippen LogP contribution in [0.15, 0.2) is 24.3 Å². The molecule has 7 heteroatoms. The first-order valence-electron chi connectivity index (χ1n) is 11.4. The second kappa shape index (κ2) is 9.40. The Bertz CT molecular complexity index is 928. The zero-order valence-electron chi connectivity index (χ0n) is 18.9. The number of nitrogens with one attached hydrogen (secondary N) is 1. The molecule has 0 radical (unpaired) electrons. The molecule has 2 aliphatic heterocycles. The van der Waals surface area contributed by atoms with Crippen LogP contribution in [0.3, 0.4) is 0 Å². The number of nitrogens with zero attached hydrogens (tertiary/aromatic N) is 3. The number of amides is 1. The van der Waals surface area contributed by atoms with E-state index in [2.05, 4.69) is 30.2 Å². The van der Waals surface area contributed by atoms with E-state index in [-0.39, 0.29) is 11.7 Å². The number of rotatable bonds is 5. The Morgan fingerprint density at radius 3 is 2.48 bits per heavy atom. The Labute approximate surface area is 184 Å². The number of morpholine rings is 1. The summed E-state index contributed by atoms with van der Waals surface area (Å²) in [6, 6.07) is 6.66. The number of aromatic nitrogens is 1. The fourth-order valence-electron chi connectivity index (χ4n) is 4.96. The van der Waals surface area contributed by atoms with Gasteiger partial charge in [0.1, 0.15) is 11.5 Å². The molecule has 4 rings (SSSR count). The van der Waals surface area contributed by atoms with Crippen LogP contribution in [0, 0.1) is 19.7 Å². The molecule has 0 bridgehead atoms. The molecular formula is C24H34FN4O2+. The number of benzene rings is 1. The van der Waals surface area contributed by atoms with E-state index < -0.39 is 0 Å². The number of likely N-dealkylation sites (N-methyl/N-ethyl adjacent to an activating group) is 1. The lowest BCUT2D eigenvalue weighted by Crippen LogP contribution is -3.14. The molecule has 168 valence electrons. The molecule has 1 aromatic heterocycles. The second-order valence-corrected chi connectivity index (χ2v) is 8.62. The molecule has 1 amide bonds. The summed E-state index contributed by atoms with van der Waals surface area (Å²) in [6.45, 7) is 14.6. The van der Waals surface area contributed by atoms with Gasteiger partial charge in [0.15, 0.2) is 0 Å². The highest BCUT2D eigenvalue weighted by atomic mass is 19.1. The lowest BCUT2D eigenvalue weighted by molar-refractivity contribution is -0.898. The van der Waals surface area contributed by atoms with Gasteiger partial charge in [-0.15, -0.1) is 0 Å². The largest absolute Gasteiger partial charge is 0.378 e. The third kappa shape index (κ3) is 4.48. The number of ether oxygens (including phenoxy) is 1. The number of carbonyl (C=O) groups is 1. The predicted molar refractivity (Wildman–Crippen MR) is 120 cm³/mol. The standard InChI is InChI=1S/C24H33FN4O2/c1-4-26-8-10-27(11-9-26)22-18(2)23(24(30)28-12-14-31-15-13-28)29(19(22)3)17-20-6-5-7-21(25)16-20/h5-7,16H,4,8-15,17H2,1-3H3/p+1. The van der Waals surface area contributed by atoms with Crippen LogP contribution < -0.4 is 9.80 Å². The number of piperazine rings is 1. The van der Waals surface area contributed by atoms with E-state index in [4.69, 9.17) is 4.74 Å². The number of hydrogen-bond donors (Lipinski definition) is 1. The maximum Gasteiger partial charge on any atom is 0.271 e. The Morgan fingerprint density at radius 1 is 1.13 bits per heavy atom. The van der Waals surface area contributed by atoms with Crippen LogP contribution in [0.4, 0.5) is 10.1 Å². The summed E-state index contributed by atoms with van der Waals surface area (Å²) >= 11 is 0. The van der Waals surface area contributed by atoms with Gasteiger partial charge in [0.2, 0.25) is 0 Å². The number of hydrogen-bond acceptors (Lipinski definition) is 3. The molecule has 1 aromatic carbocycles. The van der Waals surface area contributed by atoms with Crippen molar-refractivity contribution in [1.29, 1.82) is 0 Å². The van der Waals surface area contributed by atoms with Crippen molar-refractivity contribution in [3.8, 4) is 0 Å². The van der Waals surface area contributed by atoms with Crippen LogP contribution in [0.5, 0.6) is 0 Å². The van der Waals surface area contributed by atoms with Crippen molar-refractivity contribution in [3.05, 3.63) is 52.6 Å². The summed E-state index contributed by atoms with van der Waals surface area (Å²) in [5.41, 5.74) is 4.87. The normalized spacial score (nSPS) is 17.9. The molecule has 0 saturated carbocycles. The molecular weight excluding hydrogens is 395 g/mol. The van der Waals surface area contributed by atoms with Crippen LogP contribution in [0.2, 0.25) is 0 Å². The number of anilines is 1. The van der Waals surface area contributed by atoms with Gasteiger partial charge < -0.3 is 24.0 Å². The smallest absolute Gasteiger partial charge is 0.271 e. The van der Waals surface area contributed by atoms with Crippen LogP contribution in [0.25, 0.3) is 0 Å². The van der Waals surface area contributed by atoms with E-state index in [1.54, 1.807) is 17.0 Å². The van der Waals surface area contributed by atoms with Crippen LogP contribution in [0.1, 0.15) is 34.2 Å². The van der Waals surface area contributed by atoms with Gasteiger partial charge in [-0.3, -0.25) is 4.79 Å². The average Bonchev–Trinajstić information content (AvgIpc) is 3.03. The highest BCUT2D eigenvalue weighted by Gasteiger charge is 2.31. The third-order valence-corrected chi connectivity index (χ3v) is 6.75. The Hall–Kier alpha value is -2.38. The van der Waals surface area contributed by atoms with E-state index >= 15 is 0 Å². The maximum atomic E-state index is 13.9. The maximum absolute atomic E-state index is 13.9. The van der Waals surface area contributed by atoms with E-state index in [1.165, 1.54) is 11.8 Å². The van der Waals surface area contributed by atoms with E-state index in [0.29, 0.717) is 32.8 Å². The molecule has 2 fully saturated rings. The van der Waals surface area contributed by atoms with Gasteiger partial charge in [-0.2, -0.15) is 0 Å². The predicted octanol–water partition coefficient (Wildman–Crippen LogP) is 1.49. The van der Waals surface area contributed by atoms with Crippen LogP contribution in [-0.4, -0.2) is 74.4 Å². The Balaban J connectivity index is 1.73. The quantitative estimate of drug-likeness (QED) is 0.783. The number of carbonyl (C=O) groups excluding carboxylic acids is 1. The van der Waals surface area contributed by atoms with Crippen molar-refractivity contribution in [2.24, 2.45) is 0 Å². The monoisotopic (exact) mass is 429 g/mol. The molecule has 6 nitrogen and oxygen atoms in total. The molecule has 2 aliphatic rings. The summed E-state index contributed by atoms with van der Waals surface area (Å²) in [4.78, 5) is 19.5. The van der Waals surface area contributed by atoms with Gasteiger partial charge in [-0.05, 0) is 38.5 Å². The lowest BCUT2D eigenvalue weighted by Gasteiger charge is -2.33. The minimum Gasteiger partial charge on any atom is -0.378 e. The van der Waals surface area contributed by atoms with Crippen molar-refractivity contribution in [2.75, 3.05) is 63.9 Å². The second-order valence-electron chi connectivity index (χ2n) is 8.62. The highest BCUT2D eigenvalue weighted by molar-refractivity contribution is 5.96. The third-order valence-electron chi connectivity index (χ3n) is 6.75. The van der Waals surface area contributed by atoms with Crippen molar-refractivity contribution >= 4 is 11.6 Å². The number of halogens is 1. The fraction of sp³-hybridized carbons (Fsp3) is 0.542. The average molecular weight is 430 g/mol. The van der Waals surface area contributed by atoms with Gasteiger partial charge in [-0.1, -0.05) is 12.1 Å². The van der Waals surface area contributed by atoms with Crippen LogP contribution >= 0.6 is 0 Å². The molecule has 2 aromatic rings. The molecule has 3 heterocycles. The molecule has 2 saturated heterocycles. The first-order chi connectivity index (χ1) is 15.0. The minimum absolute atomic E-state index is 0.0457. The number of quaternary nitrogens is 1. The SMILES string of the molecule is CC[NH+]1CCN(c2c(C)c(C(=O)N3CCOCC3)n(Cc3cccc(F)c3)c2C)CC1. The summed E-state index contributed by atoms with van der Waals surface area (Å²) in [6.07, 6.45) is 0. The van der Waals surface area contributed by atoms with E-state index in [0.717, 1.165) is 55.2 Å². The van der Waals surface area contributed by atoms with E-state index in [9.17, 15) is 9.18 Å². The Morgan fingerprint density at radius 2 is 1.84 bits per heavy atom. The molecule has 0 aliphatic carbocycles. The van der Waals surface area contributed by atoms with Crippen molar-refractivity contribution < 1.29 is 18.8 Å². The molecule has 0 atom stereocenters.